The molecule has 0 aliphatic carbocycles. The molecule has 1 N–H and O–H groups in total. The number of halogens is 1. The van der Waals surface area contributed by atoms with E-state index in [-0.39, 0.29) is 29.8 Å². The number of fused-ring (bicyclic) bond motifs is 1. The van der Waals surface area contributed by atoms with E-state index in [1.54, 1.807) is 6.07 Å². The maximum absolute atomic E-state index is 11.8. The molecule has 1 atom stereocenters. The van der Waals surface area contributed by atoms with Gasteiger partial charge >= 0.3 is 11.9 Å². The molecule has 0 amide bonds. The van der Waals surface area contributed by atoms with Gasteiger partial charge in [0.25, 0.3) is 0 Å². The minimum atomic E-state index is -0.639. The number of morpholine rings is 1. The molecule has 32 heavy (non-hydrogen) atoms. The molecule has 0 radical (unpaired) electrons. The topological polar surface area (TPSA) is 88.5 Å². The zero-order chi connectivity index (χ0) is 22.5. The summed E-state index contributed by atoms with van der Waals surface area (Å²) in [4.78, 5) is 27.8. The number of aliphatic hydroxyl groups excluding tert-OH is 1. The van der Waals surface area contributed by atoms with E-state index >= 15 is 0 Å². The SMILES string of the molecule is Cc1c(C(O)CN2CCC3(CC2)CN(C2=C(Cl)C(=O)OC2)CCO3)ccc2c1COC2=O. The lowest BCUT2D eigenvalue weighted by Crippen LogP contribution is -2.57. The molecule has 2 saturated heterocycles. The Balaban J connectivity index is 1.21. The van der Waals surface area contributed by atoms with Gasteiger partial charge in [-0.2, -0.15) is 0 Å². The molecule has 9 heteroatoms. The van der Waals surface area contributed by atoms with Crippen molar-refractivity contribution in [1.29, 1.82) is 0 Å². The van der Waals surface area contributed by atoms with E-state index in [9.17, 15) is 14.7 Å². The number of β-amino-alcohol motifs (C(OH)–C–C–N with tert-alkyl or cyclic N) is 1. The van der Waals surface area contributed by atoms with Gasteiger partial charge in [0.2, 0.25) is 0 Å². The highest BCUT2D eigenvalue weighted by Gasteiger charge is 2.42. The van der Waals surface area contributed by atoms with E-state index in [1.165, 1.54) is 0 Å². The van der Waals surface area contributed by atoms with E-state index in [4.69, 9.17) is 25.8 Å². The predicted octanol–water partition coefficient (Wildman–Crippen LogP) is 1.87. The molecular weight excluding hydrogens is 436 g/mol. The number of benzene rings is 1. The Kier molecular flexibility index (Phi) is 5.65. The molecule has 172 valence electrons. The summed E-state index contributed by atoms with van der Waals surface area (Å²) in [7, 11) is 0. The Morgan fingerprint density at radius 3 is 2.59 bits per heavy atom. The number of hydrogen-bond acceptors (Lipinski definition) is 8. The fourth-order valence-electron chi connectivity index (χ4n) is 5.20. The first-order chi connectivity index (χ1) is 15.4. The third kappa shape index (κ3) is 3.79. The molecule has 4 heterocycles. The molecule has 5 rings (SSSR count). The van der Waals surface area contributed by atoms with Gasteiger partial charge in [-0.25, -0.2) is 9.59 Å². The van der Waals surface area contributed by atoms with E-state index in [2.05, 4.69) is 9.80 Å². The van der Waals surface area contributed by atoms with Crippen molar-refractivity contribution in [3.8, 4) is 0 Å². The van der Waals surface area contributed by atoms with E-state index in [1.807, 2.05) is 13.0 Å². The monoisotopic (exact) mass is 462 g/mol. The van der Waals surface area contributed by atoms with Gasteiger partial charge in [-0.3, -0.25) is 0 Å². The second-order valence-electron chi connectivity index (χ2n) is 8.99. The van der Waals surface area contributed by atoms with Crippen molar-refractivity contribution in [2.45, 2.75) is 38.1 Å². The summed E-state index contributed by atoms with van der Waals surface area (Å²) in [5, 5.41) is 11.1. The quantitative estimate of drug-likeness (QED) is 0.678. The lowest BCUT2D eigenvalue weighted by atomic mass is 9.88. The first-order valence-electron chi connectivity index (χ1n) is 11.0. The van der Waals surface area contributed by atoms with Crippen molar-refractivity contribution >= 4 is 23.5 Å². The van der Waals surface area contributed by atoms with Crippen LogP contribution < -0.4 is 0 Å². The molecule has 2 fully saturated rings. The largest absolute Gasteiger partial charge is 0.457 e. The number of carbonyl (C=O) groups is 2. The van der Waals surface area contributed by atoms with Crippen LogP contribution in [0.1, 0.15) is 46.0 Å². The number of likely N-dealkylation sites (tertiary alicyclic amines) is 1. The van der Waals surface area contributed by atoms with Crippen molar-refractivity contribution in [3.63, 3.8) is 0 Å². The minimum Gasteiger partial charge on any atom is -0.457 e. The zero-order valence-corrected chi connectivity index (χ0v) is 18.8. The van der Waals surface area contributed by atoms with Crippen molar-refractivity contribution in [1.82, 2.24) is 9.80 Å². The van der Waals surface area contributed by atoms with Crippen LogP contribution in [0.4, 0.5) is 0 Å². The van der Waals surface area contributed by atoms with Gasteiger partial charge in [0, 0.05) is 38.3 Å². The van der Waals surface area contributed by atoms with Crippen molar-refractivity contribution in [3.05, 3.63) is 45.1 Å². The molecule has 1 spiro atoms. The molecule has 1 unspecified atom stereocenters. The zero-order valence-electron chi connectivity index (χ0n) is 18.1. The second-order valence-corrected chi connectivity index (χ2v) is 9.37. The molecule has 4 aliphatic rings. The molecule has 1 aromatic rings. The predicted molar refractivity (Wildman–Crippen MR) is 115 cm³/mol. The number of carbonyl (C=O) groups excluding carboxylic acids is 2. The van der Waals surface area contributed by atoms with Gasteiger partial charge in [0.1, 0.15) is 18.2 Å². The Morgan fingerprint density at radius 1 is 1.12 bits per heavy atom. The summed E-state index contributed by atoms with van der Waals surface area (Å²) in [5.74, 6) is -0.749. The Hall–Kier alpha value is -2.13. The summed E-state index contributed by atoms with van der Waals surface area (Å²) >= 11 is 6.14. The van der Waals surface area contributed by atoms with Gasteiger partial charge in [-0.15, -0.1) is 0 Å². The van der Waals surface area contributed by atoms with Crippen LogP contribution in [-0.4, -0.2) is 78.4 Å². The van der Waals surface area contributed by atoms with E-state index in [0.717, 1.165) is 48.3 Å². The van der Waals surface area contributed by atoms with E-state index in [0.29, 0.717) is 31.8 Å². The Morgan fingerprint density at radius 2 is 1.88 bits per heavy atom. The fourth-order valence-corrected chi connectivity index (χ4v) is 5.43. The summed E-state index contributed by atoms with van der Waals surface area (Å²) in [6.45, 7) is 6.52. The normalized spacial score (nSPS) is 24.0. The smallest absolute Gasteiger partial charge is 0.352 e. The molecule has 1 aromatic carbocycles. The van der Waals surface area contributed by atoms with Crippen LogP contribution in [0.25, 0.3) is 0 Å². The van der Waals surface area contributed by atoms with Gasteiger partial charge in [-0.05, 0) is 37.0 Å². The van der Waals surface area contributed by atoms with Crippen LogP contribution in [0.5, 0.6) is 0 Å². The molecule has 4 aliphatic heterocycles. The number of esters is 2. The van der Waals surface area contributed by atoms with Crippen molar-refractivity contribution in [2.75, 3.05) is 45.9 Å². The van der Waals surface area contributed by atoms with Crippen molar-refractivity contribution in [2.24, 2.45) is 0 Å². The number of nitrogens with zero attached hydrogens (tertiary/aromatic N) is 2. The maximum Gasteiger partial charge on any atom is 0.352 e. The first-order valence-corrected chi connectivity index (χ1v) is 11.4. The van der Waals surface area contributed by atoms with Gasteiger partial charge in [-0.1, -0.05) is 17.7 Å². The number of cyclic esters (lactones) is 2. The highest BCUT2D eigenvalue weighted by molar-refractivity contribution is 6.42. The molecule has 0 aromatic heterocycles. The number of piperidine rings is 1. The van der Waals surface area contributed by atoms with Crippen LogP contribution >= 0.6 is 11.6 Å². The van der Waals surface area contributed by atoms with Gasteiger partial charge < -0.3 is 29.1 Å². The van der Waals surface area contributed by atoms with Crippen LogP contribution in [-0.2, 0) is 25.6 Å². The first kappa shape index (κ1) is 21.7. The molecule has 0 saturated carbocycles. The Labute approximate surface area is 191 Å². The van der Waals surface area contributed by atoms with Gasteiger partial charge in [0.05, 0.1) is 29.6 Å². The number of aliphatic hydroxyl groups is 1. The van der Waals surface area contributed by atoms with Crippen molar-refractivity contribution < 1.29 is 28.9 Å². The highest BCUT2D eigenvalue weighted by Crippen LogP contribution is 2.35. The third-order valence-electron chi connectivity index (χ3n) is 7.17. The third-order valence-corrected chi connectivity index (χ3v) is 7.54. The number of hydrogen-bond donors (Lipinski definition) is 1. The fraction of sp³-hybridized carbons (Fsp3) is 0.565. The average molecular weight is 463 g/mol. The molecule has 0 bridgehead atoms. The Bertz CT molecular complexity index is 985. The minimum absolute atomic E-state index is 0.180. The maximum atomic E-state index is 11.8. The molecule has 8 nitrogen and oxygen atoms in total. The van der Waals surface area contributed by atoms with Crippen LogP contribution in [0.3, 0.4) is 0 Å². The summed E-state index contributed by atoms with van der Waals surface area (Å²) in [5.41, 5.74) is 3.72. The number of ether oxygens (including phenoxy) is 3. The summed E-state index contributed by atoms with van der Waals surface area (Å²) in [6, 6.07) is 3.59. The average Bonchev–Trinajstić information content (AvgIpc) is 3.33. The standard InChI is InChI=1S/C23H27ClN2O6/c1-14-15(2-3-16-17(14)11-30-21(16)28)19(27)10-25-6-4-23(5-7-25)13-26(8-9-32-23)18-12-31-22(29)20(18)24/h2-3,19,27H,4-13H2,1H3. The lowest BCUT2D eigenvalue weighted by Gasteiger charge is -2.48. The second kappa shape index (κ2) is 8.33. The van der Waals surface area contributed by atoms with Crippen LogP contribution in [0, 0.1) is 6.92 Å². The van der Waals surface area contributed by atoms with Crippen LogP contribution in [0.2, 0.25) is 0 Å². The van der Waals surface area contributed by atoms with Gasteiger partial charge in [0.15, 0.2) is 0 Å². The summed E-state index contributed by atoms with van der Waals surface area (Å²) < 4.78 is 16.4. The lowest BCUT2D eigenvalue weighted by molar-refractivity contribution is -0.136. The van der Waals surface area contributed by atoms with E-state index < -0.39 is 12.1 Å². The number of rotatable bonds is 4. The summed E-state index contributed by atoms with van der Waals surface area (Å²) in [6.07, 6.45) is 1.03. The molecular formula is C23H27ClN2O6. The highest BCUT2D eigenvalue weighted by atomic mass is 35.5. The van der Waals surface area contributed by atoms with Crippen LogP contribution in [0.15, 0.2) is 22.9 Å².